The normalized spacial score (nSPS) is 24.6. The second-order valence-electron chi connectivity index (χ2n) is 5.05. The molecule has 1 aliphatic carbocycles. The molecule has 0 saturated heterocycles. The highest BCUT2D eigenvalue weighted by Crippen LogP contribution is 2.27. The number of rotatable bonds is 3. The molecule has 2 rings (SSSR count). The van der Waals surface area contributed by atoms with Gasteiger partial charge in [-0.3, -0.25) is 0 Å². The van der Waals surface area contributed by atoms with E-state index >= 15 is 0 Å². The molecule has 0 aliphatic heterocycles. The summed E-state index contributed by atoms with van der Waals surface area (Å²) in [5.41, 5.74) is 7.63. The lowest BCUT2D eigenvalue weighted by atomic mass is 9.84. The maximum atomic E-state index is 13.3. The van der Waals surface area contributed by atoms with Gasteiger partial charge in [-0.25, -0.2) is 4.39 Å². The molecule has 0 bridgehead atoms. The van der Waals surface area contributed by atoms with Crippen LogP contribution in [-0.4, -0.2) is 12.6 Å². The van der Waals surface area contributed by atoms with Crippen LogP contribution in [0.4, 0.5) is 10.1 Å². The highest BCUT2D eigenvalue weighted by molar-refractivity contribution is 5.47. The van der Waals surface area contributed by atoms with Gasteiger partial charge in [0.05, 0.1) is 0 Å². The predicted molar refractivity (Wildman–Crippen MR) is 69.6 cm³/mol. The second kappa shape index (κ2) is 5.50. The van der Waals surface area contributed by atoms with Crippen LogP contribution in [0.1, 0.15) is 31.2 Å². The smallest absolute Gasteiger partial charge is 0.125 e. The van der Waals surface area contributed by atoms with E-state index in [1.165, 1.54) is 19.3 Å². The number of nitrogens with two attached hydrogens (primary N) is 1. The van der Waals surface area contributed by atoms with E-state index in [1.807, 2.05) is 13.0 Å². The molecule has 1 aromatic rings. The van der Waals surface area contributed by atoms with E-state index in [0.29, 0.717) is 18.5 Å². The maximum absolute atomic E-state index is 13.3. The number of hydrogen-bond donors (Lipinski definition) is 2. The summed E-state index contributed by atoms with van der Waals surface area (Å²) >= 11 is 0. The highest BCUT2D eigenvalue weighted by atomic mass is 19.1. The zero-order valence-electron chi connectivity index (χ0n) is 10.4. The zero-order chi connectivity index (χ0) is 12.3. The lowest BCUT2D eigenvalue weighted by Crippen LogP contribution is -2.36. The van der Waals surface area contributed by atoms with Crippen LogP contribution >= 0.6 is 0 Å². The van der Waals surface area contributed by atoms with Crippen LogP contribution in [0.5, 0.6) is 0 Å². The fourth-order valence-electron chi connectivity index (χ4n) is 2.71. The Morgan fingerprint density at radius 1 is 1.29 bits per heavy atom. The molecule has 2 atom stereocenters. The third-order valence-electron chi connectivity index (χ3n) is 3.61. The molecule has 1 aromatic carbocycles. The quantitative estimate of drug-likeness (QED) is 0.846. The fraction of sp³-hybridized carbons (Fsp3) is 0.571. The van der Waals surface area contributed by atoms with Gasteiger partial charge in [-0.2, -0.15) is 0 Å². The fourth-order valence-corrected chi connectivity index (χ4v) is 2.71. The van der Waals surface area contributed by atoms with Crippen molar-refractivity contribution in [2.24, 2.45) is 11.7 Å². The van der Waals surface area contributed by atoms with E-state index in [-0.39, 0.29) is 5.82 Å². The first kappa shape index (κ1) is 12.4. The molecule has 0 amide bonds. The van der Waals surface area contributed by atoms with Crippen LogP contribution < -0.4 is 11.1 Å². The Morgan fingerprint density at radius 3 is 2.76 bits per heavy atom. The summed E-state index contributed by atoms with van der Waals surface area (Å²) in [6.45, 7) is 2.63. The lowest BCUT2D eigenvalue weighted by Gasteiger charge is -2.32. The molecule has 3 N–H and O–H groups in total. The van der Waals surface area contributed by atoms with E-state index in [1.54, 1.807) is 12.1 Å². The van der Waals surface area contributed by atoms with Gasteiger partial charge in [0.2, 0.25) is 0 Å². The van der Waals surface area contributed by atoms with Crippen molar-refractivity contribution in [2.75, 3.05) is 11.9 Å². The van der Waals surface area contributed by atoms with Gasteiger partial charge in [-0.05, 0) is 56.0 Å². The van der Waals surface area contributed by atoms with Crippen molar-refractivity contribution in [3.8, 4) is 0 Å². The van der Waals surface area contributed by atoms with E-state index in [0.717, 1.165) is 17.7 Å². The van der Waals surface area contributed by atoms with Gasteiger partial charge >= 0.3 is 0 Å². The number of anilines is 1. The van der Waals surface area contributed by atoms with Crippen LogP contribution in [0, 0.1) is 18.7 Å². The third-order valence-corrected chi connectivity index (χ3v) is 3.61. The van der Waals surface area contributed by atoms with E-state index < -0.39 is 0 Å². The molecule has 1 fully saturated rings. The molecular formula is C14H21FN2. The maximum Gasteiger partial charge on any atom is 0.125 e. The molecular weight excluding hydrogens is 215 g/mol. The minimum absolute atomic E-state index is 0.174. The average molecular weight is 236 g/mol. The standard InChI is InChI=1S/C14H21FN2/c1-10-6-12(15)8-13(7-10)17-14-5-3-2-4-11(14)9-16/h6-8,11,14,17H,2-5,9,16H2,1H3. The van der Waals surface area contributed by atoms with Crippen molar-refractivity contribution in [2.45, 2.75) is 38.6 Å². The lowest BCUT2D eigenvalue weighted by molar-refractivity contribution is 0.332. The van der Waals surface area contributed by atoms with Crippen molar-refractivity contribution >= 4 is 5.69 Å². The van der Waals surface area contributed by atoms with Crippen molar-refractivity contribution in [1.29, 1.82) is 0 Å². The van der Waals surface area contributed by atoms with Gasteiger partial charge in [-0.15, -0.1) is 0 Å². The van der Waals surface area contributed by atoms with Crippen molar-refractivity contribution < 1.29 is 4.39 Å². The molecule has 0 heterocycles. The number of hydrogen-bond acceptors (Lipinski definition) is 2. The molecule has 0 aromatic heterocycles. The second-order valence-corrected chi connectivity index (χ2v) is 5.05. The van der Waals surface area contributed by atoms with E-state index in [9.17, 15) is 4.39 Å². The number of aryl methyl sites for hydroxylation is 1. The molecule has 94 valence electrons. The third kappa shape index (κ3) is 3.19. The molecule has 0 radical (unpaired) electrons. The minimum atomic E-state index is -0.174. The van der Waals surface area contributed by atoms with Crippen LogP contribution in [0.25, 0.3) is 0 Å². The topological polar surface area (TPSA) is 38.0 Å². The SMILES string of the molecule is Cc1cc(F)cc(NC2CCCCC2CN)c1. The summed E-state index contributed by atoms with van der Waals surface area (Å²) < 4.78 is 13.3. The highest BCUT2D eigenvalue weighted by Gasteiger charge is 2.23. The Morgan fingerprint density at radius 2 is 2.06 bits per heavy atom. The molecule has 17 heavy (non-hydrogen) atoms. The largest absolute Gasteiger partial charge is 0.382 e. The van der Waals surface area contributed by atoms with Gasteiger partial charge in [0.1, 0.15) is 5.82 Å². The average Bonchev–Trinajstić information content (AvgIpc) is 2.28. The van der Waals surface area contributed by atoms with Crippen LogP contribution in [0.3, 0.4) is 0 Å². The van der Waals surface area contributed by atoms with Gasteiger partial charge in [0.25, 0.3) is 0 Å². The molecule has 1 saturated carbocycles. The van der Waals surface area contributed by atoms with E-state index in [4.69, 9.17) is 5.73 Å². The molecule has 3 heteroatoms. The van der Waals surface area contributed by atoms with Crippen LogP contribution in [-0.2, 0) is 0 Å². The predicted octanol–water partition coefficient (Wildman–Crippen LogP) is 3.06. The Kier molecular flexibility index (Phi) is 4.00. The van der Waals surface area contributed by atoms with Gasteiger partial charge in [-0.1, -0.05) is 12.8 Å². The van der Waals surface area contributed by atoms with Crippen LogP contribution in [0.15, 0.2) is 18.2 Å². The van der Waals surface area contributed by atoms with Crippen molar-refractivity contribution in [3.63, 3.8) is 0 Å². The summed E-state index contributed by atoms with van der Waals surface area (Å²) in [6.07, 6.45) is 4.82. The summed E-state index contributed by atoms with van der Waals surface area (Å²) in [7, 11) is 0. The minimum Gasteiger partial charge on any atom is -0.382 e. The van der Waals surface area contributed by atoms with Gasteiger partial charge in [0.15, 0.2) is 0 Å². The zero-order valence-corrected chi connectivity index (χ0v) is 10.4. The van der Waals surface area contributed by atoms with Gasteiger partial charge < -0.3 is 11.1 Å². The summed E-state index contributed by atoms with van der Waals surface area (Å²) in [5.74, 6) is 0.347. The number of nitrogens with one attached hydrogen (secondary N) is 1. The molecule has 1 aliphatic rings. The first-order chi connectivity index (χ1) is 8.19. The summed E-state index contributed by atoms with van der Waals surface area (Å²) in [4.78, 5) is 0. The number of halogens is 1. The summed E-state index contributed by atoms with van der Waals surface area (Å²) in [5, 5.41) is 3.44. The Balaban J connectivity index is 2.08. The van der Waals surface area contributed by atoms with Crippen molar-refractivity contribution in [3.05, 3.63) is 29.6 Å². The van der Waals surface area contributed by atoms with Crippen LogP contribution in [0.2, 0.25) is 0 Å². The first-order valence-corrected chi connectivity index (χ1v) is 6.43. The Hall–Kier alpha value is -1.09. The Bertz CT molecular complexity index is 358. The van der Waals surface area contributed by atoms with Gasteiger partial charge in [0, 0.05) is 11.7 Å². The van der Waals surface area contributed by atoms with Crippen molar-refractivity contribution in [1.82, 2.24) is 0 Å². The molecule has 2 unspecified atom stereocenters. The Labute approximate surface area is 102 Å². The first-order valence-electron chi connectivity index (χ1n) is 6.43. The molecule has 0 spiro atoms. The summed E-state index contributed by atoms with van der Waals surface area (Å²) in [6, 6.07) is 5.50. The number of benzene rings is 1. The van der Waals surface area contributed by atoms with E-state index in [2.05, 4.69) is 5.32 Å². The molecule has 2 nitrogen and oxygen atoms in total. The monoisotopic (exact) mass is 236 g/mol.